The van der Waals surface area contributed by atoms with E-state index in [0.29, 0.717) is 11.3 Å². The molecule has 0 aliphatic heterocycles. The minimum absolute atomic E-state index is 0.0182. The average Bonchev–Trinajstić information content (AvgIpc) is 2.61. The number of carbonyl (C=O) groups excluding carboxylic acids is 3. The van der Waals surface area contributed by atoms with Crippen LogP contribution in [0.1, 0.15) is 22.8 Å². The van der Waals surface area contributed by atoms with Crippen LogP contribution in [0, 0.1) is 0 Å². The first-order chi connectivity index (χ1) is 12.0. The monoisotopic (exact) mass is 338 g/mol. The second-order valence-electron chi connectivity index (χ2n) is 5.15. The number of nitrogens with one attached hydrogen (secondary N) is 3. The van der Waals surface area contributed by atoms with Gasteiger partial charge in [-0.2, -0.15) is 0 Å². The molecule has 7 nitrogen and oxygen atoms in total. The molecule has 0 heterocycles. The number of carbonyl (C=O) groups is 3. The third-order valence-electron chi connectivity index (χ3n) is 3.20. The number of benzene rings is 2. The van der Waals surface area contributed by atoms with Crippen molar-refractivity contribution in [2.45, 2.75) is 6.92 Å². The van der Waals surface area contributed by atoms with Crippen LogP contribution in [0.5, 0.6) is 0 Å². The summed E-state index contributed by atoms with van der Waals surface area (Å²) in [7, 11) is 0. The first-order valence-electron chi connectivity index (χ1n) is 7.46. The van der Waals surface area contributed by atoms with Crippen molar-refractivity contribution < 1.29 is 14.4 Å². The van der Waals surface area contributed by atoms with Gasteiger partial charge in [0.15, 0.2) is 0 Å². The van der Waals surface area contributed by atoms with Crippen LogP contribution < -0.4 is 21.9 Å². The molecule has 128 valence electrons. The quantitative estimate of drug-likeness (QED) is 0.286. The third-order valence-corrected chi connectivity index (χ3v) is 3.20. The van der Waals surface area contributed by atoms with Crippen LogP contribution in [0.3, 0.4) is 0 Å². The Morgan fingerprint density at radius 2 is 1.60 bits per heavy atom. The van der Waals surface area contributed by atoms with E-state index in [1.807, 2.05) is 23.6 Å². The molecule has 0 saturated carbocycles. The molecule has 0 aliphatic rings. The standard InChI is InChI=1S/C18H18N4O3/c1-12(23)20-15-9-7-14(8-10-15)17(24)21-16(18(25)22-19)11-13-5-3-2-4-6-13/h2-11H,19H2,1H3,(H,20,23)(H,21,24)(H,22,25)/b16-11-. The molecule has 3 amide bonds. The molecule has 0 saturated heterocycles. The Kier molecular flexibility index (Phi) is 6.02. The Morgan fingerprint density at radius 3 is 2.16 bits per heavy atom. The average molecular weight is 338 g/mol. The highest BCUT2D eigenvalue weighted by atomic mass is 16.2. The van der Waals surface area contributed by atoms with Crippen molar-refractivity contribution in [1.82, 2.24) is 10.7 Å². The zero-order valence-corrected chi connectivity index (χ0v) is 13.6. The number of hydrogen-bond donors (Lipinski definition) is 4. The van der Waals surface area contributed by atoms with Crippen molar-refractivity contribution in [1.29, 1.82) is 0 Å². The summed E-state index contributed by atoms with van der Waals surface area (Å²) in [5, 5.41) is 5.14. The summed E-state index contributed by atoms with van der Waals surface area (Å²) in [5.74, 6) is 3.88. The Labute approximate surface area is 144 Å². The van der Waals surface area contributed by atoms with Crippen LogP contribution in [0.25, 0.3) is 6.08 Å². The summed E-state index contributed by atoms with van der Waals surface area (Å²) in [6.07, 6.45) is 1.52. The van der Waals surface area contributed by atoms with E-state index in [-0.39, 0.29) is 11.6 Å². The smallest absolute Gasteiger partial charge is 0.281 e. The Morgan fingerprint density at radius 1 is 0.960 bits per heavy atom. The molecule has 2 rings (SSSR count). The van der Waals surface area contributed by atoms with Gasteiger partial charge in [0, 0.05) is 18.2 Å². The van der Waals surface area contributed by atoms with Gasteiger partial charge in [0.25, 0.3) is 11.8 Å². The lowest BCUT2D eigenvalue weighted by Crippen LogP contribution is -2.38. The number of rotatable bonds is 5. The maximum absolute atomic E-state index is 12.3. The molecule has 0 radical (unpaired) electrons. The summed E-state index contributed by atoms with van der Waals surface area (Å²) >= 11 is 0. The third kappa shape index (κ3) is 5.29. The highest BCUT2D eigenvalue weighted by Gasteiger charge is 2.13. The van der Waals surface area contributed by atoms with Gasteiger partial charge in [0.2, 0.25) is 5.91 Å². The Balaban J connectivity index is 2.18. The summed E-state index contributed by atoms with van der Waals surface area (Å²) in [4.78, 5) is 35.2. The molecule has 0 aliphatic carbocycles. The topological polar surface area (TPSA) is 113 Å². The number of hydrogen-bond acceptors (Lipinski definition) is 4. The lowest BCUT2D eigenvalue weighted by atomic mass is 10.1. The molecule has 0 aromatic heterocycles. The molecule has 0 bridgehead atoms. The predicted octanol–water partition coefficient (Wildman–Crippen LogP) is 1.41. The van der Waals surface area contributed by atoms with Crippen LogP contribution in [0.15, 0.2) is 60.3 Å². The SMILES string of the molecule is CC(=O)Nc1ccc(C(=O)N/C(=C\c2ccccc2)C(=O)NN)cc1. The van der Waals surface area contributed by atoms with Crippen molar-refractivity contribution in [3.05, 3.63) is 71.4 Å². The first-order valence-corrected chi connectivity index (χ1v) is 7.46. The van der Waals surface area contributed by atoms with Crippen LogP contribution >= 0.6 is 0 Å². The summed E-state index contributed by atoms with van der Waals surface area (Å²) in [5.41, 5.74) is 3.66. The zero-order valence-electron chi connectivity index (χ0n) is 13.6. The molecule has 0 unspecified atom stereocenters. The van der Waals surface area contributed by atoms with E-state index in [1.54, 1.807) is 36.4 Å². The zero-order chi connectivity index (χ0) is 18.2. The second kappa shape index (κ2) is 8.42. The van der Waals surface area contributed by atoms with Crippen molar-refractivity contribution in [2.24, 2.45) is 5.84 Å². The lowest BCUT2D eigenvalue weighted by molar-refractivity contribution is -0.117. The minimum Gasteiger partial charge on any atom is -0.326 e. The summed E-state index contributed by atoms with van der Waals surface area (Å²) in [6.45, 7) is 1.40. The fraction of sp³-hybridized carbons (Fsp3) is 0.0556. The van der Waals surface area contributed by atoms with Crippen LogP contribution in [0.4, 0.5) is 5.69 Å². The van der Waals surface area contributed by atoms with E-state index in [1.165, 1.54) is 13.0 Å². The van der Waals surface area contributed by atoms with E-state index in [2.05, 4.69) is 10.6 Å². The molecular formula is C18H18N4O3. The van der Waals surface area contributed by atoms with E-state index in [4.69, 9.17) is 5.84 Å². The number of nitrogens with two attached hydrogens (primary N) is 1. The van der Waals surface area contributed by atoms with Crippen molar-refractivity contribution in [2.75, 3.05) is 5.32 Å². The van der Waals surface area contributed by atoms with Crippen LogP contribution in [-0.4, -0.2) is 17.7 Å². The van der Waals surface area contributed by atoms with Crippen molar-refractivity contribution in [3.8, 4) is 0 Å². The van der Waals surface area contributed by atoms with Gasteiger partial charge >= 0.3 is 0 Å². The maximum Gasteiger partial charge on any atom is 0.281 e. The van der Waals surface area contributed by atoms with Gasteiger partial charge in [-0.25, -0.2) is 5.84 Å². The van der Waals surface area contributed by atoms with Gasteiger partial charge < -0.3 is 10.6 Å². The molecule has 25 heavy (non-hydrogen) atoms. The normalized spacial score (nSPS) is 10.7. The molecule has 5 N–H and O–H groups in total. The Bertz CT molecular complexity index is 799. The molecular weight excluding hydrogens is 320 g/mol. The van der Waals surface area contributed by atoms with Crippen molar-refractivity contribution in [3.63, 3.8) is 0 Å². The van der Waals surface area contributed by atoms with E-state index in [0.717, 1.165) is 5.56 Å². The minimum atomic E-state index is -0.618. The number of hydrazine groups is 1. The van der Waals surface area contributed by atoms with E-state index >= 15 is 0 Å². The molecule has 0 fully saturated rings. The number of anilines is 1. The van der Waals surface area contributed by atoms with Crippen LogP contribution in [-0.2, 0) is 9.59 Å². The first kappa shape index (κ1) is 17.9. The van der Waals surface area contributed by atoms with Gasteiger partial charge in [-0.15, -0.1) is 0 Å². The van der Waals surface area contributed by atoms with Gasteiger partial charge in [-0.05, 0) is 35.9 Å². The van der Waals surface area contributed by atoms with Gasteiger partial charge in [-0.3, -0.25) is 19.8 Å². The maximum atomic E-state index is 12.3. The summed E-state index contributed by atoms with van der Waals surface area (Å²) < 4.78 is 0. The largest absolute Gasteiger partial charge is 0.326 e. The highest BCUT2D eigenvalue weighted by molar-refractivity contribution is 6.05. The summed E-state index contributed by atoms with van der Waals surface area (Å²) in [6, 6.07) is 15.3. The molecule has 0 spiro atoms. The van der Waals surface area contributed by atoms with Gasteiger partial charge in [0.1, 0.15) is 5.70 Å². The molecule has 2 aromatic rings. The van der Waals surface area contributed by atoms with Gasteiger partial charge in [-0.1, -0.05) is 30.3 Å². The molecule has 2 aromatic carbocycles. The highest BCUT2D eigenvalue weighted by Crippen LogP contribution is 2.11. The predicted molar refractivity (Wildman–Crippen MR) is 95.0 cm³/mol. The fourth-order valence-electron chi connectivity index (χ4n) is 2.05. The lowest BCUT2D eigenvalue weighted by Gasteiger charge is -2.09. The van der Waals surface area contributed by atoms with Crippen LogP contribution in [0.2, 0.25) is 0 Å². The number of amides is 3. The van der Waals surface area contributed by atoms with Crippen molar-refractivity contribution >= 4 is 29.5 Å². The fourth-order valence-corrected chi connectivity index (χ4v) is 2.05. The molecule has 7 heteroatoms. The van der Waals surface area contributed by atoms with Gasteiger partial charge in [0.05, 0.1) is 0 Å². The molecule has 0 atom stereocenters. The Hall–Kier alpha value is -3.45. The van der Waals surface area contributed by atoms with E-state index < -0.39 is 11.8 Å². The second-order valence-corrected chi connectivity index (χ2v) is 5.15. The van der Waals surface area contributed by atoms with E-state index in [9.17, 15) is 14.4 Å².